The maximum Gasteiger partial charge on any atom is 0.0644 e. The standard InChI is InChI=1S/C12H19N3/c1-6-8-13-11(7-2)12-9(3)14-15(5)10(12)4/h1,11,13H,7-8H2,2-5H3. The summed E-state index contributed by atoms with van der Waals surface area (Å²) < 4.78 is 1.92. The second-order valence-electron chi connectivity index (χ2n) is 3.75. The van der Waals surface area contributed by atoms with Gasteiger partial charge in [0.05, 0.1) is 12.2 Å². The van der Waals surface area contributed by atoms with Crippen molar-refractivity contribution >= 4 is 0 Å². The normalized spacial score (nSPS) is 12.5. The van der Waals surface area contributed by atoms with Crippen molar-refractivity contribution in [3.63, 3.8) is 0 Å². The predicted molar refractivity (Wildman–Crippen MR) is 62.5 cm³/mol. The number of aromatic nitrogens is 2. The molecule has 15 heavy (non-hydrogen) atoms. The van der Waals surface area contributed by atoms with Crippen molar-refractivity contribution < 1.29 is 0 Å². The summed E-state index contributed by atoms with van der Waals surface area (Å²) in [6.07, 6.45) is 6.28. The minimum absolute atomic E-state index is 0.315. The minimum Gasteiger partial charge on any atom is -0.299 e. The number of nitrogens with zero attached hydrogens (tertiary/aromatic N) is 2. The Kier molecular flexibility index (Phi) is 3.93. The highest BCUT2D eigenvalue weighted by Crippen LogP contribution is 2.23. The van der Waals surface area contributed by atoms with Crippen LogP contribution in [0.25, 0.3) is 0 Å². The van der Waals surface area contributed by atoms with E-state index in [0.29, 0.717) is 12.6 Å². The fraction of sp³-hybridized carbons (Fsp3) is 0.583. The van der Waals surface area contributed by atoms with Gasteiger partial charge in [-0.05, 0) is 20.3 Å². The van der Waals surface area contributed by atoms with Gasteiger partial charge in [-0.2, -0.15) is 5.10 Å². The molecule has 1 unspecified atom stereocenters. The van der Waals surface area contributed by atoms with Crippen LogP contribution in [0.5, 0.6) is 0 Å². The zero-order chi connectivity index (χ0) is 11.4. The third-order valence-corrected chi connectivity index (χ3v) is 2.77. The summed E-state index contributed by atoms with van der Waals surface area (Å²) in [5.74, 6) is 2.61. The van der Waals surface area contributed by atoms with E-state index in [1.807, 2.05) is 18.7 Å². The van der Waals surface area contributed by atoms with Crippen LogP contribution in [0.2, 0.25) is 0 Å². The highest BCUT2D eigenvalue weighted by molar-refractivity contribution is 5.28. The largest absolute Gasteiger partial charge is 0.299 e. The number of hydrogen-bond donors (Lipinski definition) is 1. The second kappa shape index (κ2) is 4.99. The first-order valence-electron chi connectivity index (χ1n) is 5.28. The Morgan fingerprint density at radius 3 is 2.60 bits per heavy atom. The van der Waals surface area contributed by atoms with E-state index in [4.69, 9.17) is 6.42 Å². The molecular weight excluding hydrogens is 186 g/mol. The lowest BCUT2D eigenvalue weighted by Gasteiger charge is -2.16. The van der Waals surface area contributed by atoms with Crippen molar-refractivity contribution in [2.45, 2.75) is 33.2 Å². The Hall–Kier alpha value is -1.27. The molecule has 1 heterocycles. The van der Waals surface area contributed by atoms with Gasteiger partial charge in [0, 0.05) is 24.3 Å². The molecule has 3 nitrogen and oxygen atoms in total. The van der Waals surface area contributed by atoms with Gasteiger partial charge in [0.2, 0.25) is 0 Å². The van der Waals surface area contributed by atoms with Crippen molar-refractivity contribution in [3.8, 4) is 12.3 Å². The summed E-state index contributed by atoms with van der Waals surface area (Å²) in [4.78, 5) is 0. The lowest BCUT2D eigenvalue weighted by atomic mass is 10.0. The van der Waals surface area contributed by atoms with Crippen molar-refractivity contribution in [2.24, 2.45) is 7.05 Å². The first kappa shape index (κ1) is 11.8. The van der Waals surface area contributed by atoms with Crippen LogP contribution in [0.15, 0.2) is 0 Å². The molecule has 0 radical (unpaired) electrons. The van der Waals surface area contributed by atoms with Crippen molar-refractivity contribution in [1.82, 2.24) is 15.1 Å². The van der Waals surface area contributed by atoms with Gasteiger partial charge in [0.1, 0.15) is 0 Å². The van der Waals surface area contributed by atoms with Crippen LogP contribution in [0.4, 0.5) is 0 Å². The maximum absolute atomic E-state index is 5.26. The summed E-state index contributed by atoms with van der Waals surface area (Å²) in [6, 6.07) is 0.315. The van der Waals surface area contributed by atoms with Crippen molar-refractivity contribution in [2.75, 3.05) is 6.54 Å². The predicted octanol–water partition coefficient (Wildman–Crippen LogP) is 1.71. The topological polar surface area (TPSA) is 29.9 Å². The molecule has 1 rings (SSSR count). The molecule has 1 aromatic heterocycles. The van der Waals surface area contributed by atoms with Crippen LogP contribution in [-0.2, 0) is 7.05 Å². The van der Waals surface area contributed by atoms with Crippen molar-refractivity contribution in [1.29, 1.82) is 0 Å². The maximum atomic E-state index is 5.26. The quantitative estimate of drug-likeness (QED) is 0.758. The highest BCUT2D eigenvalue weighted by Gasteiger charge is 2.17. The summed E-state index contributed by atoms with van der Waals surface area (Å²) in [5.41, 5.74) is 3.59. The Balaban J connectivity index is 2.96. The fourth-order valence-corrected chi connectivity index (χ4v) is 1.93. The van der Waals surface area contributed by atoms with E-state index in [2.05, 4.69) is 30.2 Å². The molecule has 0 amide bonds. The molecule has 0 spiro atoms. The smallest absolute Gasteiger partial charge is 0.0644 e. The Bertz CT molecular complexity index is 371. The molecule has 0 saturated carbocycles. The van der Waals surface area contributed by atoms with Gasteiger partial charge in [-0.25, -0.2) is 0 Å². The molecule has 3 heteroatoms. The molecule has 0 aliphatic heterocycles. The van der Waals surface area contributed by atoms with Crippen LogP contribution < -0.4 is 5.32 Å². The Morgan fingerprint density at radius 2 is 2.20 bits per heavy atom. The molecule has 1 aromatic rings. The van der Waals surface area contributed by atoms with Crippen LogP contribution in [0.1, 0.15) is 36.3 Å². The first-order chi connectivity index (χ1) is 7.11. The fourth-order valence-electron chi connectivity index (χ4n) is 1.93. The van der Waals surface area contributed by atoms with E-state index < -0.39 is 0 Å². The van der Waals surface area contributed by atoms with Crippen LogP contribution in [0.3, 0.4) is 0 Å². The summed E-state index contributed by atoms with van der Waals surface area (Å²) in [7, 11) is 1.97. The molecule has 0 saturated heterocycles. The van der Waals surface area contributed by atoms with E-state index >= 15 is 0 Å². The van der Waals surface area contributed by atoms with Gasteiger partial charge >= 0.3 is 0 Å². The van der Waals surface area contributed by atoms with E-state index in [9.17, 15) is 0 Å². The highest BCUT2D eigenvalue weighted by atomic mass is 15.3. The van der Waals surface area contributed by atoms with E-state index in [1.165, 1.54) is 11.3 Å². The van der Waals surface area contributed by atoms with Gasteiger partial charge < -0.3 is 0 Å². The van der Waals surface area contributed by atoms with Crippen LogP contribution >= 0.6 is 0 Å². The molecule has 0 fully saturated rings. The molecule has 1 atom stereocenters. The SMILES string of the molecule is C#CCNC(CC)c1c(C)nn(C)c1C. The molecule has 82 valence electrons. The number of rotatable bonds is 4. The minimum atomic E-state index is 0.315. The molecule has 0 bridgehead atoms. The summed E-state index contributed by atoms with van der Waals surface area (Å²) >= 11 is 0. The van der Waals surface area contributed by atoms with Crippen LogP contribution in [-0.4, -0.2) is 16.3 Å². The lowest BCUT2D eigenvalue weighted by Crippen LogP contribution is -2.22. The molecule has 0 aromatic carbocycles. The van der Waals surface area contributed by atoms with Crippen molar-refractivity contribution in [3.05, 3.63) is 17.0 Å². The van der Waals surface area contributed by atoms with Gasteiger partial charge in [0.15, 0.2) is 0 Å². The molecule has 1 N–H and O–H groups in total. The van der Waals surface area contributed by atoms with E-state index in [1.54, 1.807) is 0 Å². The van der Waals surface area contributed by atoms with Gasteiger partial charge in [-0.3, -0.25) is 10.00 Å². The molecule has 0 aliphatic carbocycles. The number of aryl methyl sites for hydroxylation is 2. The summed E-state index contributed by atoms with van der Waals surface area (Å²) in [6.45, 7) is 6.89. The first-order valence-corrected chi connectivity index (χ1v) is 5.28. The second-order valence-corrected chi connectivity index (χ2v) is 3.75. The molecular formula is C12H19N3. The zero-order valence-corrected chi connectivity index (χ0v) is 9.96. The van der Waals surface area contributed by atoms with Gasteiger partial charge in [-0.1, -0.05) is 12.8 Å². The lowest BCUT2D eigenvalue weighted by molar-refractivity contribution is 0.549. The zero-order valence-electron chi connectivity index (χ0n) is 9.96. The average Bonchev–Trinajstić information content (AvgIpc) is 2.45. The average molecular weight is 205 g/mol. The number of terminal acetylenes is 1. The monoisotopic (exact) mass is 205 g/mol. The molecule has 0 aliphatic rings. The third-order valence-electron chi connectivity index (χ3n) is 2.77. The van der Waals surface area contributed by atoms with E-state index in [0.717, 1.165) is 12.1 Å². The van der Waals surface area contributed by atoms with Crippen LogP contribution in [0, 0.1) is 26.2 Å². The number of nitrogens with one attached hydrogen (secondary N) is 1. The third kappa shape index (κ3) is 2.40. The Labute approximate surface area is 91.9 Å². The van der Waals surface area contributed by atoms with Gasteiger partial charge in [0.25, 0.3) is 0 Å². The van der Waals surface area contributed by atoms with Gasteiger partial charge in [-0.15, -0.1) is 6.42 Å². The summed E-state index contributed by atoms with van der Waals surface area (Å²) in [5, 5.41) is 7.75. The van der Waals surface area contributed by atoms with E-state index in [-0.39, 0.29) is 0 Å². The number of hydrogen-bond acceptors (Lipinski definition) is 2. The Morgan fingerprint density at radius 1 is 1.53 bits per heavy atom.